The zero-order valence-electron chi connectivity index (χ0n) is 10.2. The highest BCUT2D eigenvalue weighted by Gasteiger charge is 2.08. The average molecular weight is 202 g/mol. The monoisotopic (exact) mass is 202 g/mol. The fraction of sp³-hybridized carbons (Fsp3) is 0.467. The third-order valence-corrected chi connectivity index (χ3v) is 3.22. The Morgan fingerprint density at radius 1 is 1.33 bits per heavy atom. The number of rotatable bonds is 5. The summed E-state index contributed by atoms with van der Waals surface area (Å²) < 4.78 is 0. The average Bonchev–Trinajstić information content (AvgIpc) is 2.22. The van der Waals surface area contributed by atoms with E-state index in [4.69, 9.17) is 0 Å². The molecule has 0 saturated carbocycles. The van der Waals surface area contributed by atoms with Crippen molar-refractivity contribution >= 4 is 0 Å². The zero-order chi connectivity index (χ0) is 11.3. The van der Waals surface area contributed by atoms with E-state index in [-0.39, 0.29) is 0 Å². The van der Waals surface area contributed by atoms with Crippen LogP contribution < -0.4 is 0 Å². The molecule has 1 atom stereocenters. The zero-order valence-corrected chi connectivity index (χ0v) is 10.2. The second-order valence-electron chi connectivity index (χ2n) is 4.41. The van der Waals surface area contributed by atoms with Crippen molar-refractivity contribution in [3.8, 4) is 0 Å². The van der Waals surface area contributed by atoms with Gasteiger partial charge >= 0.3 is 0 Å². The molecule has 0 aliphatic rings. The van der Waals surface area contributed by atoms with Crippen LogP contribution in [0.25, 0.3) is 0 Å². The Kier molecular flexibility index (Phi) is 4.61. The number of allylic oxidation sites excluding steroid dienone is 1. The first-order chi connectivity index (χ1) is 7.16. The number of unbranched alkanes of at least 4 members (excludes halogenated alkanes) is 1. The topological polar surface area (TPSA) is 0 Å². The van der Waals surface area contributed by atoms with Crippen LogP contribution in [0.4, 0.5) is 0 Å². The summed E-state index contributed by atoms with van der Waals surface area (Å²) in [5.41, 5.74) is 4.38. The molecule has 0 bridgehead atoms. The molecule has 0 nitrogen and oxygen atoms in total. The Hall–Kier alpha value is -1.04. The molecule has 0 radical (unpaired) electrons. The first kappa shape index (κ1) is 12.0. The van der Waals surface area contributed by atoms with Gasteiger partial charge in [-0.05, 0) is 55.7 Å². The van der Waals surface area contributed by atoms with Gasteiger partial charge in [-0.2, -0.15) is 0 Å². The maximum atomic E-state index is 3.76. The van der Waals surface area contributed by atoms with Gasteiger partial charge in [0.05, 0.1) is 0 Å². The molecule has 0 aliphatic carbocycles. The molecule has 1 unspecified atom stereocenters. The number of hydrogen-bond acceptors (Lipinski definition) is 0. The predicted molar refractivity (Wildman–Crippen MR) is 68.4 cm³/mol. The van der Waals surface area contributed by atoms with E-state index in [0.29, 0.717) is 5.92 Å². The first-order valence-corrected chi connectivity index (χ1v) is 5.83. The highest BCUT2D eigenvalue weighted by Crippen LogP contribution is 2.26. The van der Waals surface area contributed by atoms with Gasteiger partial charge in [-0.15, -0.1) is 6.58 Å². The van der Waals surface area contributed by atoms with Gasteiger partial charge in [-0.25, -0.2) is 0 Å². The van der Waals surface area contributed by atoms with Crippen molar-refractivity contribution in [3.63, 3.8) is 0 Å². The molecular weight excluding hydrogens is 180 g/mol. The van der Waals surface area contributed by atoms with Crippen LogP contribution in [0.2, 0.25) is 0 Å². The third-order valence-electron chi connectivity index (χ3n) is 3.22. The molecule has 0 saturated heterocycles. The van der Waals surface area contributed by atoms with Crippen molar-refractivity contribution in [1.82, 2.24) is 0 Å². The lowest BCUT2D eigenvalue weighted by atomic mass is 9.90. The molecule has 15 heavy (non-hydrogen) atoms. The molecule has 0 spiro atoms. The molecule has 0 heterocycles. The third kappa shape index (κ3) is 3.23. The van der Waals surface area contributed by atoms with Gasteiger partial charge in [-0.1, -0.05) is 31.2 Å². The van der Waals surface area contributed by atoms with Crippen LogP contribution in [0.3, 0.4) is 0 Å². The molecular formula is C15H22. The van der Waals surface area contributed by atoms with Crippen LogP contribution >= 0.6 is 0 Å². The van der Waals surface area contributed by atoms with Gasteiger partial charge in [0, 0.05) is 0 Å². The van der Waals surface area contributed by atoms with Crippen LogP contribution in [0.1, 0.15) is 48.8 Å². The SMILES string of the molecule is C=CCCCC(C)c1cccc(C)c1C. The standard InChI is InChI=1S/C15H22/c1-5-6-7-9-13(3)15-11-8-10-12(2)14(15)4/h5,8,10-11,13H,1,6-7,9H2,2-4H3. The van der Waals surface area contributed by atoms with Crippen LogP contribution in [0.15, 0.2) is 30.9 Å². The van der Waals surface area contributed by atoms with Gasteiger partial charge in [0.1, 0.15) is 0 Å². The van der Waals surface area contributed by atoms with Crippen LogP contribution in [0.5, 0.6) is 0 Å². The largest absolute Gasteiger partial charge is 0.103 e. The summed E-state index contributed by atoms with van der Waals surface area (Å²) in [5, 5.41) is 0. The summed E-state index contributed by atoms with van der Waals surface area (Å²) >= 11 is 0. The highest BCUT2D eigenvalue weighted by atomic mass is 14.1. The minimum atomic E-state index is 0.671. The van der Waals surface area contributed by atoms with Gasteiger partial charge < -0.3 is 0 Å². The van der Waals surface area contributed by atoms with E-state index in [0.717, 1.165) is 6.42 Å². The lowest BCUT2D eigenvalue weighted by Crippen LogP contribution is -1.98. The van der Waals surface area contributed by atoms with E-state index >= 15 is 0 Å². The normalized spacial score (nSPS) is 12.5. The number of benzene rings is 1. The van der Waals surface area contributed by atoms with E-state index in [1.54, 1.807) is 0 Å². The summed E-state index contributed by atoms with van der Waals surface area (Å²) in [6.45, 7) is 10.5. The summed E-state index contributed by atoms with van der Waals surface area (Å²) in [4.78, 5) is 0. The molecule has 0 aromatic heterocycles. The van der Waals surface area contributed by atoms with E-state index in [1.165, 1.54) is 29.5 Å². The molecule has 1 aromatic carbocycles. The number of hydrogen-bond donors (Lipinski definition) is 0. The molecule has 82 valence electrons. The summed E-state index contributed by atoms with van der Waals surface area (Å²) in [6.07, 6.45) is 5.65. The van der Waals surface area contributed by atoms with Gasteiger partial charge in [0.2, 0.25) is 0 Å². The summed E-state index contributed by atoms with van der Waals surface area (Å²) in [5.74, 6) is 0.671. The minimum absolute atomic E-state index is 0.671. The van der Waals surface area contributed by atoms with Crippen LogP contribution in [-0.4, -0.2) is 0 Å². The smallest absolute Gasteiger partial charge is 0.0188 e. The fourth-order valence-corrected chi connectivity index (χ4v) is 2.03. The van der Waals surface area contributed by atoms with Gasteiger partial charge in [-0.3, -0.25) is 0 Å². The van der Waals surface area contributed by atoms with Crippen molar-refractivity contribution in [2.75, 3.05) is 0 Å². The molecule has 1 aromatic rings. The van der Waals surface area contributed by atoms with Crippen molar-refractivity contribution in [2.45, 2.75) is 46.0 Å². The Labute approximate surface area is 94.0 Å². The van der Waals surface area contributed by atoms with Gasteiger partial charge in [0.25, 0.3) is 0 Å². The van der Waals surface area contributed by atoms with Crippen molar-refractivity contribution in [1.29, 1.82) is 0 Å². The predicted octanol–water partition coefficient (Wildman–Crippen LogP) is 4.76. The van der Waals surface area contributed by atoms with Crippen molar-refractivity contribution in [3.05, 3.63) is 47.5 Å². The van der Waals surface area contributed by atoms with Crippen molar-refractivity contribution < 1.29 is 0 Å². The Morgan fingerprint density at radius 2 is 2.07 bits per heavy atom. The molecule has 0 aliphatic heterocycles. The minimum Gasteiger partial charge on any atom is -0.103 e. The van der Waals surface area contributed by atoms with E-state index in [2.05, 4.69) is 45.5 Å². The summed E-state index contributed by atoms with van der Waals surface area (Å²) in [7, 11) is 0. The lowest BCUT2D eigenvalue weighted by Gasteiger charge is -2.15. The van der Waals surface area contributed by atoms with Crippen molar-refractivity contribution in [2.24, 2.45) is 0 Å². The quantitative estimate of drug-likeness (QED) is 0.477. The first-order valence-electron chi connectivity index (χ1n) is 5.83. The van der Waals surface area contributed by atoms with Crippen LogP contribution in [0, 0.1) is 13.8 Å². The Balaban J connectivity index is 2.68. The van der Waals surface area contributed by atoms with Crippen LogP contribution in [-0.2, 0) is 0 Å². The Bertz CT molecular complexity index is 323. The molecule has 0 fully saturated rings. The van der Waals surface area contributed by atoms with E-state index in [9.17, 15) is 0 Å². The fourth-order valence-electron chi connectivity index (χ4n) is 2.03. The van der Waals surface area contributed by atoms with Gasteiger partial charge in [0.15, 0.2) is 0 Å². The molecule has 1 rings (SSSR count). The number of aryl methyl sites for hydroxylation is 1. The Morgan fingerprint density at radius 3 is 2.73 bits per heavy atom. The molecule has 0 N–H and O–H groups in total. The maximum absolute atomic E-state index is 3.76. The van der Waals surface area contributed by atoms with E-state index < -0.39 is 0 Å². The summed E-state index contributed by atoms with van der Waals surface area (Å²) in [6, 6.07) is 6.62. The molecule has 0 heteroatoms. The second-order valence-corrected chi connectivity index (χ2v) is 4.41. The van der Waals surface area contributed by atoms with E-state index in [1.807, 2.05) is 6.08 Å². The second kappa shape index (κ2) is 5.75. The molecule has 0 amide bonds. The highest BCUT2D eigenvalue weighted by molar-refractivity contribution is 5.35. The maximum Gasteiger partial charge on any atom is -0.0188 e. The lowest BCUT2D eigenvalue weighted by molar-refractivity contribution is 0.637.